The van der Waals surface area contributed by atoms with Gasteiger partial charge in [0.1, 0.15) is 18.1 Å². The zero-order valence-corrected chi connectivity index (χ0v) is 16.1. The minimum absolute atomic E-state index is 0.0610. The molecule has 19 heteroatoms. The van der Waals surface area contributed by atoms with Crippen molar-refractivity contribution in [2.75, 3.05) is 12.3 Å². The standard InChI is InChI=1S/C9H16N3O13P3/c10-7-1-2-12(9(14)11-7)8-3-5(13)6(23-8)4-22-27(18,19)25-28(20,21)24-26(15,16)17/h1-2,5-6,8,13H,3-4H2,(H,18,19)(H,20,21)(H2,10,11,14)(H2,15,16,17)/p-4/t5-,6+,8+/m0/s1. The van der Waals surface area contributed by atoms with Crippen LogP contribution < -0.4 is 31.0 Å². The Kier molecular flexibility index (Phi) is 6.99. The van der Waals surface area contributed by atoms with Crippen molar-refractivity contribution < 1.29 is 56.3 Å². The summed E-state index contributed by atoms with van der Waals surface area (Å²) in [5.41, 5.74) is 4.53. The van der Waals surface area contributed by atoms with Crippen LogP contribution in [0.3, 0.4) is 0 Å². The number of nitrogens with two attached hydrogens (primary N) is 1. The number of phosphoric ester groups is 1. The number of rotatable bonds is 8. The second-order valence-electron chi connectivity index (χ2n) is 5.28. The zero-order chi connectivity index (χ0) is 21.3. The monoisotopic (exact) mass is 463 g/mol. The zero-order valence-electron chi connectivity index (χ0n) is 13.5. The Morgan fingerprint density at radius 2 is 1.89 bits per heavy atom. The fourth-order valence-corrected chi connectivity index (χ4v) is 4.99. The third kappa shape index (κ3) is 6.81. The molecule has 28 heavy (non-hydrogen) atoms. The number of nitrogen functional groups attached to an aromatic ring is 1. The number of aliphatic hydroxyl groups excluding tert-OH is 1. The summed E-state index contributed by atoms with van der Waals surface area (Å²) >= 11 is 0. The van der Waals surface area contributed by atoms with Crippen LogP contribution in [-0.2, 0) is 31.6 Å². The topological polar surface area (TPSA) is 262 Å². The average Bonchev–Trinajstić information content (AvgIpc) is 2.82. The molecule has 0 aromatic carbocycles. The van der Waals surface area contributed by atoms with E-state index in [4.69, 9.17) is 10.5 Å². The molecule has 0 aliphatic carbocycles. The molecule has 1 aliphatic rings. The van der Waals surface area contributed by atoms with Crippen molar-refractivity contribution in [3.05, 3.63) is 22.7 Å². The Balaban J connectivity index is 1.98. The Morgan fingerprint density at radius 1 is 1.25 bits per heavy atom. The van der Waals surface area contributed by atoms with Crippen molar-refractivity contribution in [3.63, 3.8) is 0 Å². The molecule has 3 N–H and O–H groups in total. The van der Waals surface area contributed by atoms with Crippen LogP contribution in [0.5, 0.6) is 0 Å². The number of aliphatic hydroxyl groups is 1. The molecule has 1 aliphatic heterocycles. The molecule has 16 nitrogen and oxygen atoms in total. The van der Waals surface area contributed by atoms with Gasteiger partial charge in [-0.1, -0.05) is 0 Å². The lowest BCUT2D eigenvalue weighted by molar-refractivity contribution is -0.339. The predicted octanol–water partition coefficient (Wildman–Crippen LogP) is -3.71. The van der Waals surface area contributed by atoms with E-state index < -0.39 is 54.2 Å². The normalized spacial score (nSPS) is 27.2. The summed E-state index contributed by atoms with van der Waals surface area (Å²) in [6, 6.07) is 1.27. The lowest BCUT2D eigenvalue weighted by atomic mass is 10.2. The van der Waals surface area contributed by atoms with E-state index >= 15 is 0 Å². The Bertz CT molecular complexity index is 914. The highest BCUT2D eigenvalue weighted by molar-refractivity contribution is 7.64. The highest BCUT2D eigenvalue weighted by atomic mass is 31.3. The van der Waals surface area contributed by atoms with E-state index in [-0.39, 0.29) is 12.2 Å². The van der Waals surface area contributed by atoms with E-state index in [0.717, 1.165) is 4.57 Å². The largest absolute Gasteiger partial charge is 0.790 e. The lowest BCUT2D eigenvalue weighted by Gasteiger charge is -2.37. The van der Waals surface area contributed by atoms with Crippen molar-refractivity contribution in [2.24, 2.45) is 0 Å². The maximum absolute atomic E-state index is 11.7. The van der Waals surface area contributed by atoms with Crippen molar-refractivity contribution in [3.8, 4) is 0 Å². The summed E-state index contributed by atoms with van der Waals surface area (Å²) in [4.78, 5) is 58.2. The first kappa shape index (κ1) is 23.3. The SMILES string of the molecule is Nc1ccn([C@H]2C[C@H](O)[C@@H](COP(=O)([O-])OP(=O)([O-])OP(=O)([O-])[O-])O2)c(=O)n1. The molecule has 0 spiro atoms. The van der Waals surface area contributed by atoms with E-state index in [1.54, 1.807) is 0 Å². The molecule has 2 rings (SSSR count). The molecule has 0 bridgehead atoms. The van der Waals surface area contributed by atoms with Gasteiger partial charge in [0.25, 0.3) is 15.6 Å². The quantitative estimate of drug-likeness (QED) is 0.351. The highest BCUT2D eigenvalue weighted by Crippen LogP contribution is 2.60. The number of hydrogen-bond acceptors (Lipinski definition) is 15. The molecular weight excluding hydrogens is 451 g/mol. The second-order valence-corrected chi connectivity index (χ2v) is 9.52. The number of phosphoric acid groups is 3. The van der Waals surface area contributed by atoms with Crippen molar-refractivity contribution in [2.45, 2.75) is 24.9 Å². The number of aromatic nitrogens is 2. The summed E-state index contributed by atoms with van der Waals surface area (Å²) in [5.74, 6) is -0.0610. The van der Waals surface area contributed by atoms with Gasteiger partial charge in [-0.25, -0.2) is 9.11 Å². The maximum Gasteiger partial charge on any atom is 0.351 e. The summed E-state index contributed by atoms with van der Waals surface area (Å²) < 4.78 is 49.5. The van der Waals surface area contributed by atoms with Gasteiger partial charge < -0.3 is 44.2 Å². The Hall–Kier alpha value is -0.990. The van der Waals surface area contributed by atoms with Gasteiger partial charge in [-0.3, -0.25) is 18.0 Å². The van der Waals surface area contributed by atoms with Crippen molar-refractivity contribution in [1.29, 1.82) is 0 Å². The molecule has 1 saturated heterocycles. The van der Waals surface area contributed by atoms with Crippen LogP contribution in [0.2, 0.25) is 0 Å². The third-order valence-electron chi connectivity index (χ3n) is 3.16. The second kappa shape index (κ2) is 8.40. The Morgan fingerprint density at radius 3 is 2.46 bits per heavy atom. The first-order valence-electron chi connectivity index (χ1n) is 7.07. The number of anilines is 1. The molecule has 1 aromatic heterocycles. The first-order chi connectivity index (χ1) is 12.7. The number of nitrogens with zero attached hydrogens (tertiary/aromatic N) is 2. The molecule has 5 atom stereocenters. The molecule has 0 saturated carbocycles. The minimum atomic E-state index is -6.10. The van der Waals surface area contributed by atoms with Gasteiger partial charge in [0, 0.05) is 12.6 Å². The summed E-state index contributed by atoms with van der Waals surface area (Å²) in [6.07, 6.45) is -2.70. The van der Waals surface area contributed by atoms with Crippen LogP contribution in [-0.4, -0.2) is 33.5 Å². The van der Waals surface area contributed by atoms with Gasteiger partial charge in [-0.05, 0) is 6.07 Å². The van der Waals surface area contributed by atoms with Crippen LogP contribution in [0.4, 0.5) is 5.82 Å². The minimum Gasteiger partial charge on any atom is -0.790 e. The van der Waals surface area contributed by atoms with Gasteiger partial charge in [0.05, 0.1) is 20.5 Å². The smallest absolute Gasteiger partial charge is 0.351 e. The average molecular weight is 463 g/mol. The van der Waals surface area contributed by atoms with Crippen molar-refractivity contribution >= 4 is 29.3 Å². The molecule has 160 valence electrons. The van der Waals surface area contributed by atoms with Gasteiger partial charge in [0.2, 0.25) is 0 Å². The van der Waals surface area contributed by atoms with Crippen LogP contribution in [0.1, 0.15) is 12.6 Å². The molecule has 0 radical (unpaired) electrons. The molecule has 2 heterocycles. The first-order valence-corrected chi connectivity index (χ1v) is 11.5. The maximum atomic E-state index is 11.7. The van der Waals surface area contributed by atoms with Crippen LogP contribution in [0.25, 0.3) is 0 Å². The van der Waals surface area contributed by atoms with E-state index in [0.29, 0.717) is 0 Å². The van der Waals surface area contributed by atoms with Crippen molar-refractivity contribution in [1.82, 2.24) is 9.55 Å². The summed E-state index contributed by atoms with van der Waals surface area (Å²) in [7, 11) is -17.9. The third-order valence-corrected chi connectivity index (χ3v) is 6.83. The van der Waals surface area contributed by atoms with Crippen LogP contribution in [0.15, 0.2) is 17.1 Å². The van der Waals surface area contributed by atoms with Gasteiger partial charge in [-0.2, -0.15) is 4.98 Å². The van der Waals surface area contributed by atoms with Gasteiger partial charge in [0.15, 0.2) is 0 Å². The summed E-state index contributed by atoms with van der Waals surface area (Å²) in [6.45, 7) is -0.970. The fourth-order valence-electron chi connectivity index (χ4n) is 2.13. The number of ether oxygens (including phenoxy) is 1. The molecule has 1 aromatic rings. The Labute approximate surface area is 155 Å². The molecule has 0 amide bonds. The fraction of sp³-hybridized carbons (Fsp3) is 0.556. The van der Waals surface area contributed by atoms with Gasteiger partial charge >= 0.3 is 5.69 Å². The molecular formula is C9H12N3O13P3-4. The highest BCUT2D eigenvalue weighted by Gasteiger charge is 2.36. The van der Waals surface area contributed by atoms with Crippen LogP contribution in [0, 0.1) is 0 Å². The van der Waals surface area contributed by atoms with E-state index in [1.807, 2.05) is 0 Å². The summed E-state index contributed by atoms with van der Waals surface area (Å²) in [5, 5.41) is 9.89. The van der Waals surface area contributed by atoms with Crippen LogP contribution >= 0.6 is 23.5 Å². The van der Waals surface area contributed by atoms with E-state index in [9.17, 15) is 43.2 Å². The van der Waals surface area contributed by atoms with Gasteiger partial charge in [-0.15, -0.1) is 0 Å². The number of hydrogen-bond donors (Lipinski definition) is 2. The van der Waals surface area contributed by atoms with E-state index in [2.05, 4.69) is 18.1 Å². The lowest BCUT2D eigenvalue weighted by Crippen LogP contribution is -2.29. The van der Waals surface area contributed by atoms with E-state index in [1.165, 1.54) is 12.3 Å². The molecule has 1 fully saturated rings. The predicted molar refractivity (Wildman–Crippen MR) is 78.4 cm³/mol. The molecule has 2 unspecified atom stereocenters.